The Morgan fingerprint density at radius 3 is 0.958 bits per heavy atom. The molecule has 0 aromatic heterocycles. The van der Waals surface area contributed by atoms with Gasteiger partial charge >= 0.3 is 21.8 Å². The molecule has 0 heterocycles. The molecule has 142 valence electrons. The molecule has 0 aliphatic rings. The third-order valence-corrected chi connectivity index (χ3v) is 1.18. The Morgan fingerprint density at radius 1 is 0.625 bits per heavy atom. The summed E-state index contributed by atoms with van der Waals surface area (Å²) >= 11 is 0. The summed E-state index contributed by atoms with van der Waals surface area (Å²) < 4.78 is 117. The van der Waals surface area contributed by atoms with E-state index in [1.54, 1.807) is 6.92 Å². The first-order chi connectivity index (χ1) is 10.3. The van der Waals surface area contributed by atoms with Gasteiger partial charge < -0.3 is 51.8 Å². The topological polar surface area (TPSA) is 17.1 Å². The van der Waals surface area contributed by atoms with Gasteiger partial charge in [0, 0.05) is 5.56 Å². The van der Waals surface area contributed by atoms with Gasteiger partial charge in [-0.1, -0.05) is 30.3 Å². The average molecular weight is 381 g/mol. The van der Waals surface area contributed by atoms with Crippen molar-refractivity contribution < 1.29 is 56.6 Å². The van der Waals surface area contributed by atoms with Crippen molar-refractivity contribution in [1.29, 1.82) is 0 Å². The molecule has 0 amide bonds. The fourth-order valence-electron chi connectivity index (χ4n) is 0.673. The molecule has 1 nitrogen and oxygen atoms in total. The zero-order chi connectivity index (χ0) is 20.2. The molecule has 0 unspecified atom stereocenters. The largest absolute Gasteiger partial charge is 0.673 e. The van der Waals surface area contributed by atoms with E-state index in [4.69, 9.17) is 0 Å². The second-order valence-corrected chi connectivity index (χ2v) is 3.41. The highest BCUT2D eigenvalue weighted by molar-refractivity contribution is 6.50. The van der Waals surface area contributed by atoms with Crippen LogP contribution in [0.4, 0.5) is 51.8 Å². The summed E-state index contributed by atoms with van der Waals surface area (Å²) in [5.41, 5.74) is 0.775. The smallest absolute Gasteiger partial charge is 0.418 e. The minimum Gasteiger partial charge on any atom is -0.418 e. The molecule has 16 heteroatoms. The molecule has 0 spiro atoms. The number of hydrogen-bond acceptors (Lipinski definition) is 1. The monoisotopic (exact) mass is 381 g/mol. The van der Waals surface area contributed by atoms with Crippen molar-refractivity contribution in [2.45, 2.75) is 6.92 Å². The number of carbonyl (C=O) groups excluding carboxylic acids is 1. The van der Waals surface area contributed by atoms with Gasteiger partial charge in [0.2, 0.25) is 0 Å². The zero-order valence-electron chi connectivity index (χ0n) is 11.6. The van der Waals surface area contributed by atoms with Crippen LogP contribution in [0.5, 0.6) is 0 Å². The molecule has 1 aromatic carbocycles. The van der Waals surface area contributed by atoms with Crippen LogP contribution in [0.2, 0.25) is 0 Å². The predicted molar refractivity (Wildman–Crippen MR) is 67.0 cm³/mol. The summed E-state index contributed by atoms with van der Waals surface area (Å²) in [5, 5.41) is 0. The van der Waals surface area contributed by atoms with Gasteiger partial charge in [-0.15, -0.1) is 0 Å². The SMILES string of the molecule is CC(=O)c1ccccc1.F[B-](F)(F)F.F[B-](F)(F)F.F[B-](F)(F)F. The van der Waals surface area contributed by atoms with Gasteiger partial charge in [-0.05, 0) is 6.92 Å². The van der Waals surface area contributed by atoms with E-state index in [2.05, 4.69) is 0 Å². The number of carbonyl (C=O) groups is 1. The summed E-state index contributed by atoms with van der Waals surface area (Å²) in [4.78, 5) is 10.6. The van der Waals surface area contributed by atoms with Crippen LogP contribution in [0.15, 0.2) is 30.3 Å². The van der Waals surface area contributed by atoms with Crippen LogP contribution in [0.25, 0.3) is 0 Å². The van der Waals surface area contributed by atoms with Crippen molar-refractivity contribution in [2.24, 2.45) is 0 Å². The third kappa shape index (κ3) is 71.4. The minimum atomic E-state index is -6.00. The molecular formula is C8H8B3F12O-3. The van der Waals surface area contributed by atoms with Crippen LogP contribution in [0.3, 0.4) is 0 Å². The molecule has 1 aromatic rings. The molecule has 0 aliphatic carbocycles. The van der Waals surface area contributed by atoms with E-state index in [9.17, 15) is 56.6 Å². The molecule has 0 bridgehead atoms. The number of Topliss-reactive ketones (excluding diaryl/α,β-unsaturated/α-hetero) is 1. The Balaban J connectivity index is -0.000000259. The van der Waals surface area contributed by atoms with E-state index < -0.39 is 21.8 Å². The van der Waals surface area contributed by atoms with Crippen molar-refractivity contribution in [3.05, 3.63) is 35.9 Å². The Bertz CT molecular complexity index is 394. The van der Waals surface area contributed by atoms with Gasteiger partial charge in [0.25, 0.3) is 0 Å². The standard InChI is InChI=1S/C8H8O.3BF4/c1-7(9)8-5-3-2-4-6-8;3*2-1(3,4)5/h2-6H,1H3;;;/q;3*-1. The fourth-order valence-corrected chi connectivity index (χ4v) is 0.673. The lowest BCUT2D eigenvalue weighted by atomic mass is 10.2. The second-order valence-electron chi connectivity index (χ2n) is 3.41. The molecule has 0 radical (unpaired) electrons. The summed E-state index contributed by atoms with van der Waals surface area (Å²) in [6.07, 6.45) is 0. The second kappa shape index (κ2) is 11.7. The first-order valence-electron chi connectivity index (χ1n) is 5.48. The Labute approximate surface area is 128 Å². The van der Waals surface area contributed by atoms with E-state index in [-0.39, 0.29) is 5.78 Å². The third-order valence-electron chi connectivity index (χ3n) is 1.18. The van der Waals surface area contributed by atoms with Crippen LogP contribution in [-0.2, 0) is 0 Å². The van der Waals surface area contributed by atoms with Crippen LogP contribution in [0.1, 0.15) is 17.3 Å². The molecule has 0 fully saturated rings. The van der Waals surface area contributed by atoms with E-state index in [0.29, 0.717) is 0 Å². The van der Waals surface area contributed by atoms with Crippen molar-refractivity contribution in [3.8, 4) is 0 Å². The van der Waals surface area contributed by atoms with E-state index in [1.165, 1.54) is 0 Å². The first-order valence-corrected chi connectivity index (χ1v) is 5.48. The average Bonchev–Trinajstić information content (AvgIpc) is 2.23. The van der Waals surface area contributed by atoms with Gasteiger partial charge in [-0.3, -0.25) is 4.79 Å². The molecule has 0 atom stereocenters. The highest BCUT2D eigenvalue weighted by atomic mass is 19.5. The van der Waals surface area contributed by atoms with Crippen molar-refractivity contribution in [3.63, 3.8) is 0 Å². The Morgan fingerprint density at radius 2 is 0.833 bits per heavy atom. The van der Waals surface area contributed by atoms with E-state index >= 15 is 0 Å². The maximum Gasteiger partial charge on any atom is 0.673 e. The van der Waals surface area contributed by atoms with Gasteiger partial charge in [0.1, 0.15) is 0 Å². The van der Waals surface area contributed by atoms with E-state index in [0.717, 1.165) is 5.56 Å². The zero-order valence-corrected chi connectivity index (χ0v) is 11.6. The minimum absolute atomic E-state index is 0.121. The number of benzene rings is 1. The molecule has 0 saturated carbocycles. The lowest BCUT2D eigenvalue weighted by Crippen LogP contribution is -2.02. The molecule has 0 N–H and O–H groups in total. The quantitative estimate of drug-likeness (QED) is 0.342. The maximum absolute atomic E-state index is 10.6. The van der Waals surface area contributed by atoms with Gasteiger partial charge in [-0.2, -0.15) is 0 Å². The number of ketones is 1. The fraction of sp³-hybridized carbons (Fsp3) is 0.125. The first kappa shape index (κ1) is 27.1. The highest BCUT2D eigenvalue weighted by Gasteiger charge is 2.21. The number of halogens is 12. The van der Waals surface area contributed by atoms with Gasteiger partial charge in [0.05, 0.1) is 0 Å². The summed E-state index contributed by atoms with van der Waals surface area (Å²) in [7, 11) is -18.0. The normalized spacial score (nSPS) is 10.9. The number of rotatable bonds is 1. The predicted octanol–water partition coefficient (Wildman–Crippen LogP) is 5.79. The van der Waals surface area contributed by atoms with Crippen LogP contribution in [0, 0.1) is 0 Å². The van der Waals surface area contributed by atoms with Crippen LogP contribution in [-0.4, -0.2) is 27.5 Å². The molecule has 1 rings (SSSR count). The highest BCUT2D eigenvalue weighted by Crippen LogP contribution is 2.07. The Hall–Kier alpha value is -1.76. The van der Waals surface area contributed by atoms with Crippen LogP contribution >= 0.6 is 0 Å². The molecular weight excluding hydrogens is 372 g/mol. The summed E-state index contributed by atoms with van der Waals surface area (Å²) in [6, 6.07) is 9.23. The van der Waals surface area contributed by atoms with E-state index in [1.807, 2.05) is 30.3 Å². The molecule has 0 aliphatic heterocycles. The van der Waals surface area contributed by atoms with Crippen molar-refractivity contribution in [1.82, 2.24) is 0 Å². The lowest BCUT2D eigenvalue weighted by Gasteiger charge is -1.94. The Kier molecular flexibility index (Phi) is 13.2. The lowest BCUT2D eigenvalue weighted by molar-refractivity contribution is 0.101. The van der Waals surface area contributed by atoms with Gasteiger partial charge in [0.15, 0.2) is 5.78 Å². The van der Waals surface area contributed by atoms with Crippen molar-refractivity contribution >= 4 is 27.5 Å². The number of hydrogen-bond donors (Lipinski definition) is 0. The molecule has 24 heavy (non-hydrogen) atoms. The van der Waals surface area contributed by atoms with Gasteiger partial charge in [-0.25, -0.2) is 0 Å². The van der Waals surface area contributed by atoms with Crippen molar-refractivity contribution in [2.75, 3.05) is 0 Å². The van der Waals surface area contributed by atoms with Crippen LogP contribution < -0.4 is 0 Å². The summed E-state index contributed by atoms with van der Waals surface area (Å²) in [6.45, 7) is 1.56. The molecule has 0 saturated heterocycles. The maximum atomic E-state index is 10.6. The summed E-state index contributed by atoms with van der Waals surface area (Å²) in [5.74, 6) is 0.121.